The van der Waals surface area contributed by atoms with Crippen molar-refractivity contribution in [2.75, 3.05) is 13.7 Å². The SMILES string of the molecule is CCCOc1ccc(C(C)NC(=O)c2cccc(OCc3cccnc3)c2)cc1OC. The predicted molar refractivity (Wildman–Crippen MR) is 120 cm³/mol. The van der Waals surface area contributed by atoms with Gasteiger partial charge in [0.05, 0.1) is 19.8 Å². The molecule has 1 heterocycles. The Morgan fingerprint density at radius 1 is 1.06 bits per heavy atom. The van der Waals surface area contributed by atoms with Crippen molar-refractivity contribution in [2.45, 2.75) is 32.9 Å². The molecule has 0 saturated carbocycles. The fourth-order valence-corrected chi connectivity index (χ4v) is 3.03. The number of pyridine rings is 1. The summed E-state index contributed by atoms with van der Waals surface area (Å²) < 4.78 is 16.9. The molecule has 0 aliphatic carbocycles. The van der Waals surface area contributed by atoms with Gasteiger partial charge in [0.25, 0.3) is 5.91 Å². The first-order valence-electron chi connectivity index (χ1n) is 10.3. The van der Waals surface area contributed by atoms with Gasteiger partial charge in [0.15, 0.2) is 11.5 Å². The maximum Gasteiger partial charge on any atom is 0.251 e. The topological polar surface area (TPSA) is 69.7 Å². The van der Waals surface area contributed by atoms with Crippen molar-refractivity contribution in [3.8, 4) is 17.2 Å². The summed E-state index contributed by atoms with van der Waals surface area (Å²) in [4.78, 5) is 16.9. The van der Waals surface area contributed by atoms with Gasteiger partial charge in [0.2, 0.25) is 0 Å². The van der Waals surface area contributed by atoms with Gasteiger partial charge in [-0.1, -0.05) is 25.1 Å². The number of methoxy groups -OCH3 is 1. The van der Waals surface area contributed by atoms with Crippen molar-refractivity contribution in [3.05, 3.63) is 83.7 Å². The second kappa shape index (κ2) is 11.0. The van der Waals surface area contributed by atoms with E-state index in [0.29, 0.717) is 36.0 Å². The Morgan fingerprint density at radius 3 is 2.68 bits per heavy atom. The molecule has 2 aromatic carbocycles. The molecule has 1 amide bonds. The Hall–Kier alpha value is -3.54. The van der Waals surface area contributed by atoms with Gasteiger partial charge in [0, 0.05) is 23.5 Å². The molecule has 0 aliphatic heterocycles. The lowest BCUT2D eigenvalue weighted by molar-refractivity contribution is 0.0939. The van der Waals surface area contributed by atoms with Crippen molar-refractivity contribution < 1.29 is 19.0 Å². The zero-order valence-corrected chi connectivity index (χ0v) is 18.1. The number of hydrogen-bond acceptors (Lipinski definition) is 5. The van der Waals surface area contributed by atoms with Crippen LogP contribution in [0.4, 0.5) is 0 Å². The first-order chi connectivity index (χ1) is 15.1. The highest BCUT2D eigenvalue weighted by molar-refractivity contribution is 5.94. The Bertz CT molecular complexity index is 992. The van der Waals surface area contributed by atoms with E-state index in [2.05, 4.69) is 17.2 Å². The fourth-order valence-electron chi connectivity index (χ4n) is 3.03. The number of carbonyl (C=O) groups excluding carboxylic acids is 1. The molecule has 0 saturated heterocycles. The summed E-state index contributed by atoms with van der Waals surface area (Å²) in [6.07, 6.45) is 4.39. The van der Waals surface area contributed by atoms with Crippen molar-refractivity contribution in [1.29, 1.82) is 0 Å². The lowest BCUT2D eigenvalue weighted by Crippen LogP contribution is -2.26. The van der Waals surface area contributed by atoms with Gasteiger partial charge in [-0.2, -0.15) is 0 Å². The lowest BCUT2D eigenvalue weighted by atomic mass is 10.1. The zero-order valence-electron chi connectivity index (χ0n) is 18.1. The first kappa shape index (κ1) is 22.2. The van der Waals surface area contributed by atoms with Crippen LogP contribution in [0, 0.1) is 0 Å². The highest BCUT2D eigenvalue weighted by Gasteiger charge is 2.15. The molecule has 1 N–H and O–H groups in total. The Balaban J connectivity index is 1.64. The summed E-state index contributed by atoms with van der Waals surface area (Å²) in [6.45, 7) is 5.00. The Kier molecular flexibility index (Phi) is 7.87. The molecule has 162 valence electrons. The first-order valence-corrected chi connectivity index (χ1v) is 10.3. The molecule has 3 aromatic rings. The number of hydrogen-bond donors (Lipinski definition) is 1. The van der Waals surface area contributed by atoms with Crippen LogP contribution < -0.4 is 19.5 Å². The molecule has 0 fully saturated rings. The predicted octanol–water partition coefficient (Wildman–Crippen LogP) is 4.95. The van der Waals surface area contributed by atoms with Gasteiger partial charge >= 0.3 is 0 Å². The third kappa shape index (κ3) is 6.22. The monoisotopic (exact) mass is 420 g/mol. The fraction of sp³-hybridized carbons (Fsp3) is 0.280. The van der Waals surface area contributed by atoms with Crippen molar-refractivity contribution in [1.82, 2.24) is 10.3 Å². The molecule has 0 radical (unpaired) electrons. The minimum absolute atomic E-state index is 0.176. The van der Waals surface area contributed by atoms with E-state index in [1.165, 1.54) is 0 Å². The summed E-state index contributed by atoms with van der Waals surface area (Å²) in [6, 6.07) is 16.4. The standard InChI is InChI=1S/C25H28N2O4/c1-4-13-30-23-11-10-20(15-24(23)29-3)18(2)27-25(28)21-8-5-9-22(14-21)31-17-19-7-6-12-26-16-19/h5-12,14-16,18H,4,13,17H2,1-3H3,(H,27,28). The summed E-state index contributed by atoms with van der Waals surface area (Å²) in [5.74, 6) is 1.80. The molecule has 0 spiro atoms. The molecule has 1 aromatic heterocycles. The molecule has 3 rings (SSSR count). The molecule has 31 heavy (non-hydrogen) atoms. The minimum atomic E-state index is -0.207. The number of carbonyl (C=O) groups is 1. The van der Waals surface area contributed by atoms with Crippen LogP contribution in [0.2, 0.25) is 0 Å². The van der Waals surface area contributed by atoms with Gasteiger partial charge < -0.3 is 19.5 Å². The minimum Gasteiger partial charge on any atom is -0.493 e. The molecule has 1 atom stereocenters. The van der Waals surface area contributed by atoms with Crippen molar-refractivity contribution in [3.63, 3.8) is 0 Å². The average molecular weight is 421 g/mol. The number of ether oxygens (including phenoxy) is 3. The number of nitrogens with zero attached hydrogens (tertiary/aromatic N) is 1. The summed E-state index contributed by atoms with van der Waals surface area (Å²) >= 11 is 0. The second-order valence-electron chi connectivity index (χ2n) is 7.13. The molecule has 0 aliphatic rings. The van der Waals surface area contributed by atoms with Crippen molar-refractivity contribution >= 4 is 5.91 Å². The van der Waals surface area contributed by atoms with Gasteiger partial charge in [-0.15, -0.1) is 0 Å². The average Bonchev–Trinajstić information content (AvgIpc) is 2.82. The molecule has 0 bridgehead atoms. The second-order valence-corrected chi connectivity index (χ2v) is 7.13. The largest absolute Gasteiger partial charge is 0.493 e. The van der Waals surface area contributed by atoms with Crippen LogP contribution in [0.15, 0.2) is 67.0 Å². The maximum absolute atomic E-state index is 12.8. The maximum atomic E-state index is 12.8. The van der Waals surface area contributed by atoms with Gasteiger partial charge in [-0.3, -0.25) is 9.78 Å². The van der Waals surface area contributed by atoms with Crippen LogP contribution in [-0.2, 0) is 6.61 Å². The van der Waals surface area contributed by atoms with Crippen molar-refractivity contribution in [2.24, 2.45) is 0 Å². The molecule has 1 unspecified atom stereocenters. The van der Waals surface area contributed by atoms with Crippen LogP contribution in [-0.4, -0.2) is 24.6 Å². The van der Waals surface area contributed by atoms with Crippen LogP contribution in [0.3, 0.4) is 0 Å². The summed E-state index contributed by atoms with van der Waals surface area (Å²) in [5, 5.41) is 3.03. The van der Waals surface area contributed by atoms with Gasteiger partial charge in [0.1, 0.15) is 12.4 Å². The van der Waals surface area contributed by atoms with Gasteiger partial charge in [-0.05, 0) is 55.3 Å². The lowest BCUT2D eigenvalue weighted by Gasteiger charge is -2.17. The van der Waals surface area contributed by atoms with Crippen LogP contribution >= 0.6 is 0 Å². The quantitative estimate of drug-likeness (QED) is 0.503. The summed E-state index contributed by atoms with van der Waals surface area (Å²) in [7, 11) is 1.61. The van der Waals surface area contributed by atoms with Gasteiger partial charge in [-0.25, -0.2) is 0 Å². The molecule has 6 heteroatoms. The van der Waals surface area contributed by atoms with E-state index in [-0.39, 0.29) is 11.9 Å². The van der Waals surface area contributed by atoms with Crippen LogP contribution in [0.25, 0.3) is 0 Å². The zero-order chi connectivity index (χ0) is 22.1. The van der Waals surface area contributed by atoms with E-state index in [1.807, 2.05) is 43.3 Å². The number of nitrogens with one attached hydrogen (secondary N) is 1. The Morgan fingerprint density at radius 2 is 1.94 bits per heavy atom. The van der Waals surface area contributed by atoms with E-state index in [4.69, 9.17) is 14.2 Å². The molecular formula is C25H28N2O4. The van der Waals surface area contributed by atoms with E-state index in [0.717, 1.165) is 17.5 Å². The van der Waals surface area contributed by atoms with E-state index < -0.39 is 0 Å². The van der Waals surface area contributed by atoms with Crippen LogP contribution in [0.1, 0.15) is 47.8 Å². The summed E-state index contributed by atoms with van der Waals surface area (Å²) in [5.41, 5.74) is 2.43. The third-order valence-electron chi connectivity index (χ3n) is 4.72. The van der Waals surface area contributed by atoms with Crippen LogP contribution in [0.5, 0.6) is 17.2 Å². The number of amides is 1. The highest BCUT2D eigenvalue weighted by Crippen LogP contribution is 2.30. The Labute approximate surface area is 183 Å². The number of rotatable bonds is 10. The number of benzene rings is 2. The molecule has 6 nitrogen and oxygen atoms in total. The smallest absolute Gasteiger partial charge is 0.251 e. The van der Waals surface area contributed by atoms with E-state index >= 15 is 0 Å². The van der Waals surface area contributed by atoms with E-state index in [1.54, 1.807) is 37.7 Å². The van der Waals surface area contributed by atoms with E-state index in [9.17, 15) is 4.79 Å². The number of aromatic nitrogens is 1. The molecular weight excluding hydrogens is 392 g/mol. The highest BCUT2D eigenvalue weighted by atomic mass is 16.5. The normalized spacial score (nSPS) is 11.5. The third-order valence-corrected chi connectivity index (χ3v) is 4.72.